The Bertz CT molecular complexity index is 1580. The average Bonchev–Trinajstić information content (AvgIpc) is 3.43. The first kappa shape index (κ1) is 31.8. The van der Waals surface area contributed by atoms with Crippen molar-refractivity contribution in [3.63, 3.8) is 0 Å². The van der Waals surface area contributed by atoms with Gasteiger partial charge in [0.15, 0.2) is 0 Å². The van der Waals surface area contributed by atoms with Crippen LogP contribution in [0.1, 0.15) is 66.1 Å². The fourth-order valence-electron chi connectivity index (χ4n) is 6.48. The SMILES string of the molecule is O=C(N[C@@H](Cc1ccccc1)[C@@H](O)CN[C@H]1CC2(CCC2)Oc2ccc(OC(F)(F)F)cc21)c1ccc(F)c(N2CCCC2=O)c1. The molecule has 12 heteroatoms. The highest BCUT2D eigenvalue weighted by Crippen LogP contribution is 2.49. The van der Waals surface area contributed by atoms with Gasteiger partial charge in [0.25, 0.3) is 5.91 Å². The molecule has 2 amide bonds. The molecule has 2 aliphatic heterocycles. The van der Waals surface area contributed by atoms with Crippen LogP contribution in [-0.4, -0.2) is 54.1 Å². The molecule has 1 spiro atoms. The van der Waals surface area contributed by atoms with Gasteiger partial charge in [0.2, 0.25) is 5.91 Å². The lowest BCUT2D eigenvalue weighted by atomic mass is 9.73. The fraction of sp³-hybridized carbons (Fsp3) is 0.412. The second-order valence-electron chi connectivity index (χ2n) is 12.2. The Morgan fingerprint density at radius 2 is 1.87 bits per heavy atom. The second kappa shape index (κ2) is 12.9. The van der Waals surface area contributed by atoms with Crippen LogP contribution < -0.4 is 25.0 Å². The van der Waals surface area contributed by atoms with Crippen molar-refractivity contribution in [2.75, 3.05) is 18.0 Å². The number of ether oxygens (including phenoxy) is 2. The van der Waals surface area contributed by atoms with Crippen molar-refractivity contribution in [2.45, 2.75) is 75.1 Å². The number of carbonyl (C=O) groups is 2. The van der Waals surface area contributed by atoms with Crippen LogP contribution in [0.15, 0.2) is 66.7 Å². The van der Waals surface area contributed by atoms with Gasteiger partial charge in [-0.2, -0.15) is 0 Å². The molecule has 244 valence electrons. The Balaban J connectivity index is 1.21. The summed E-state index contributed by atoms with van der Waals surface area (Å²) >= 11 is 0. The topological polar surface area (TPSA) is 100 Å². The van der Waals surface area contributed by atoms with Crippen LogP contribution in [0.5, 0.6) is 11.5 Å². The Hall–Kier alpha value is -4.16. The normalized spacial score (nSPS) is 20.0. The molecule has 0 unspecified atom stereocenters. The number of rotatable bonds is 10. The van der Waals surface area contributed by atoms with Crippen LogP contribution in [0.3, 0.4) is 0 Å². The van der Waals surface area contributed by atoms with Gasteiger partial charge >= 0.3 is 6.36 Å². The Morgan fingerprint density at radius 1 is 1.09 bits per heavy atom. The third-order valence-electron chi connectivity index (χ3n) is 8.98. The highest BCUT2D eigenvalue weighted by Gasteiger charge is 2.46. The molecule has 3 aromatic carbocycles. The van der Waals surface area contributed by atoms with Crippen LogP contribution in [0.2, 0.25) is 0 Å². The number of aliphatic hydroxyl groups is 1. The number of carbonyl (C=O) groups excluding carboxylic acids is 2. The highest BCUT2D eigenvalue weighted by atomic mass is 19.4. The summed E-state index contributed by atoms with van der Waals surface area (Å²) in [6.07, 6.45) is -1.71. The van der Waals surface area contributed by atoms with Gasteiger partial charge in [-0.25, -0.2) is 4.39 Å². The van der Waals surface area contributed by atoms with Gasteiger partial charge in [-0.05, 0) is 74.1 Å². The molecular weight excluding hydrogens is 606 g/mol. The lowest BCUT2D eigenvalue weighted by Crippen LogP contribution is -2.52. The number of hydrogen-bond acceptors (Lipinski definition) is 6. The molecule has 1 aliphatic carbocycles. The zero-order valence-corrected chi connectivity index (χ0v) is 25.0. The average molecular weight is 642 g/mol. The predicted molar refractivity (Wildman–Crippen MR) is 161 cm³/mol. The molecule has 8 nitrogen and oxygen atoms in total. The molecule has 3 aromatic rings. The quantitative estimate of drug-likeness (QED) is 0.250. The first-order chi connectivity index (χ1) is 22.0. The summed E-state index contributed by atoms with van der Waals surface area (Å²) in [6, 6.07) is 15.9. The first-order valence-electron chi connectivity index (χ1n) is 15.4. The zero-order valence-electron chi connectivity index (χ0n) is 25.0. The highest BCUT2D eigenvalue weighted by molar-refractivity contribution is 5.99. The van der Waals surface area contributed by atoms with Crippen molar-refractivity contribution in [1.82, 2.24) is 10.6 Å². The van der Waals surface area contributed by atoms with E-state index >= 15 is 0 Å². The largest absolute Gasteiger partial charge is 0.573 e. The van der Waals surface area contributed by atoms with E-state index in [-0.39, 0.29) is 35.9 Å². The van der Waals surface area contributed by atoms with E-state index in [4.69, 9.17) is 4.74 Å². The minimum absolute atomic E-state index is 0.000724. The number of fused-ring (bicyclic) bond motifs is 1. The maximum atomic E-state index is 14.7. The van der Waals surface area contributed by atoms with Crippen LogP contribution in [0.4, 0.5) is 23.2 Å². The molecule has 1 saturated carbocycles. The van der Waals surface area contributed by atoms with Crippen molar-refractivity contribution < 1.29 is 41.7 Å². The van der Waals surface area contributed by atoms with Crippen LogP contribution >= 0.6 is 0 Å². The van der Waals surface area contributed by atoms with Gasteiger partial charge in [0.05, 0.1) is 17.8 Å². The fourth-order valence-corrected chi connectivity index (χ4v) is 6.48. The van der Waals surface area contributed by atoms with E-state index < -0.39 is 41.9 Å². The summed E-state index contributed by atoms with van der Waals surface area (Å²) in [7, 11) is 0. The Kier molecular flexibility index (Phi) is 8.93. The molecule has 6 rings (SSSR count). The van der Waals surface area contributed by atoms with Gasteiger partial charge in [-0.3, -0.25) is 9.59 Å². The lowest BCUT2D eigenvalue weighted by Gasteiger charge is -2.48. The van der Waals surface area contributed by atoms with Gasteiger partial charge in [-0.1, -0.05) is 30.3 Å². The second-order valence-corrected chi connectivity index (χ2v) is 12.2. The summed E-state index contributed by atoms with van der Waals surface area (Å²) in [4.78, 5) is 27.1. The number of halogens is 4. The standard InChI is InChI=1S/C34H35F4N3O5/c35-25-11-9-22(17-28(25)41-15-4-8-31(41)43)32(44)40-26(16-21-6-2-1-3-7-21)29(42)20-39-27-19-33(13-5-14-33)46-30-12-10-23(18-24(27)30)45-34(36,37)38/h1-3,6-7,9-12,17-18,26-27,29,39,42H,4-5,8,13-16,19-20H2,(H,40,44)/t26-,27-,29-/m0/s1. The number of alkyl halides is 3. The minimum atomic E-state index is -4.85. The van der Waals surface area contributed by atoms with Crippen molar-refractivity contribution in [3.05, 3.63) is 89.2 Å². The minimum Gasteiger partial charge on any atom is -0.487 e. The van der Waals surface area contributed by atoms with E-state index in [0.29, 0.717) is 37.1 Å². The van der Waals surface area contributed by atoms with E-state index in [2.05, 4.69) is 15.4 Å². The maximum absolute atomic E-state index is 14.7. The zero-order chi connectivity index (χ0) is 32.5. The molecule has 3 N–H and O–H groups in total. The van der Waals surface area contributed by atoms with Crippen molar-refractivity contribution >= 4 is 17.5 Å². The molecule has 3 aliphatic rings. The smallest absolute Gasteiger partial charge is 0.487 e. The molecule has 0 bridgehead atoms. The number of nitrogens with zero attached hydrogens (tertiary/aromatic N) is 1. The van der Waals surface area contributed by atoms with Gasteiger partial charge < -0.3 is 30.1 Å². The van der Waals surface area contributed by atoms with E-state index in [1.54, 1.807) is 0 Å². The Morgan fingerprint density at radius 3 is 2.54 bits per heavy atom. The van der Waals surface area contributed by atoms with E-state index in [0.717, 1.165) is 30.9 Å². The van der Waals surface area contributed by atoms with Gasteiger partial charge in [0, 0.05) is 43.1 Å². The summed E-state index contributed by atoms with van der Waals surface area (Å²) < 4.78 is 63.9. The molecule has 46 heavy (non-hydrogen) atoms. The summed E-state index contributed by atoms with van der Waals surface area (Å²) in [5.74, 6) is -1.27. The molecule has 0 aromatic heterocycles. The Labute approximate surface area is 263 Å². The molecule has 3 atom stereocenters. The first-order valence-corrected chi connectivity index (χ1v) is 15.4. The van der Waals surface area contributed by atoms with Crippen LogP contribution in [-0.2, 0) is 11.2 Å². The lowest BCUT2D eigenvalue weighted by molar-refractivity contribution is -0.274. The molecule has 2 heterocycles. The third kappa shape index (κ3) is 7.13. The molecule has 0 radical (unpaired) electrons. The summed E-state index contributed by atoms with van der Waals surface area (Å²) in [6.45, 7) is 0.363. The molecule has 2 fully saturated rings. The van der Waals surface area contributed by atoms with Crippen LogP contribution in [0, 0.1) is 5.82 Å². The number of benzene rings is 3. The molecule has 1 saturated heterocycles. The van der Waals surface area contributed by atoms with Gasteiger partial charge in [0.1, 0.15) is 22.9 Å². The van der Waals surface area contributed by atoms with Gasteiger partial charge in [-0.15, -0.1) is 13.2 Å². The van der Waals surface area contributed by atoms with Crippen molar-refractivity contribution in [2.24, 2.45) is 0 Å². The van der Waals surface area contributed by atoms with Crippen molar-refractivity contribution in [3.8, 4) is 11.5 Å². The number of nitrogens with one attached hydrogen (secondary N) is 2. The number of hydrogen-bond donors (Lipinski definition) is 3. The summed E-state index contributed by atoms with van der Waals surface area (Å²) in [5.41, 5.74) is 1.08. The van der Waals surface area contributed by atoms with E-state index in [1.165, 1.54) is 35.2 Å². The molecular formula is C34H35F4N3O5. The number of anilines is 1. The van der Waals surface area contributed by atoms with E-state index in [1.807, 2.05) is 30.3 Å². The van der Waals surface area contributed by atoms with Crippen LogP contribution in [0.25, 0.3) is 0 Å². The predicted octanol–water partition coefficient (Wildman–Crippen LogP) is 5.59. The number of aliphatic hydroxyl groups excluding tert-OH is 1. The maximum Gasteiger partial charge on any atom is 0.573 e. The summed E-state index contributed by atoms with van der Waals surface area (Å²) in [5, 5.41) is 17.7. The third-order valence-corrected chi connectivity index (χ3v) is 8.98. The number of amides is 2. The van der Waals surface area contributed by atoms with E-state index in [9.17, 15) is 32.3 Å². The van der Waals surface area contributed by atoms with Crippen molar-refractivity contribution in [1.29, 1.82) is 0 Å². The monoisotopic (exact) mass is 641 g/mol.